The molecule has 10 rings (SSSR count). The SMILES string of the molecule is [2H]c1c([2H])c([2H])c(-c2ccc(-c3ccc(N(c4ccc(-c5c([2H])c([2H])c([2H])c([2H])c5[2H])cc4)c4cccc(-c5cccc6c5c5ccccc5n6-c5ccccc5)c4)cc3)cc2)c([2H])c1[2H]. The van der Waals surface area contributed by atoms with Gasteiger partial charge in [-0.1, -0.05) is 170 Å². The van der Waals surface area contributed by atoms with Gasteiger partial charge in [-0.3, -0.25) is 0 Å². The lowest BCUT2D eigenvalue weighted by Crippen LogP contribution is -2.10. The van der Waals surface area contributed by atoms with E-state index in [2.05, 4.69) is 76.2 Å². The van der Waals surface area contributed by atoms with Crippen LogP contribution in [0.5, 0.6) is 0 Å². The summed E-state index contributed by atoms with van der Waals surface area (Å²) in [5.41, 5.74) is 10.9. The smallest absolute Gasteiger partial charge is 0.0629 e. The minimum atomic E-state index is -0.440. The highest BCUT2D eigenvalue weighted by Gasteiger charge is 2.18. The van der Waals surface area contributed by atoms with Crippen LogP contribution >= 0.6 is 0 Å². The van der Waals surface area contributed by atoms with Crippen LogP contribution in [-0.4, -0.2) is 4.57 Å². The van der Waals surface area contributed by atoms with Crippen molar-refractivity contribution in [2.75, 3.05) is 4.90 Å². The van der Waals surface area contributed by atoms with Gasteiger partial charge in [0.1, 0.15) is 0 Å². The molecule has 0 unspecified atom stereocenters. The standard InChI is InChI=1S/C54H38N2/c1-4-14-39(15-5-1)41-26-28-42(29-27-41)44-32-36-48(37-33-44)55(47-34-30-43(31-35-47)40-16-6-2-7-17-40)49-21-12-18-45(38-49)50-23-13-25-53-54(50)51-22-10-11-24-52(51)56(53)46-19-8-3-9-20-46/h1-38H/i1D,2D,4D,5D,6D,7D,14D,15D,16D,17D. The fourth-order valence-corrected chi connectivity index (χ4v) is 7.57. The minimum absolute atomic E-state index is 0.130. The first-order chi connectivity index (χ1) is 31.9. The van der Waals surface area contributed by atoms with E-state index in [1.807, 2.05) is 78.9 Å². The van der Waals surface area contributed by atoms with Gasteiger partial charge in [0.05, 0.1) is 24.7 Å². The molecule has 0 radical (unpaired) electrons. The Labute approximate surface area is 341 Å². The van der Waals surface area contributed by atoms with E-state index in [0.29, 0.717) is 11.1 Å². The normalized spacial score (nSPS) is 13.7. The molecule has 10 aromatic rings. The summed E-state index contributed by atoms with van der Waals surface area (Å²) in [6.07, 6.45) is 0. The summed E-state index contributed by atoms with van der Waals surface area (Å²) in [6, 6.07) is 52.8. The number of hydrogen-bond acceptors (Lipinski definition) is 1. The van der Waals surface area contributed by atoms with Gasteiger partial charge in [0, 0.05) is 33.5 Å². The lowest BCUT2D eigenvalue weighted by atomic mass is 9.98. The Bertz CT molecular complexity index is 3460. The van der Waals surface area contributed by atoms with Crippen molar-refractivity contribution in [1.82, 2.24) is 4.57 Å². The zero-order valence-corrected chi connectivity index (χ0v) is 30.1. The molecule has 0 saturated carbocycles. The molecule has 9 aromatic carbocycles. The third-order valence-electron chi connectivity index (χ3n) is 10.2. The van der Waals surface area contributed by atoms with Gasteiger partial charge < -0.3 is 9.47 Å². The van der Waals surface area contributed by atoms with Crippen LogP contribution in [0.1, 0.15) is 13.7 Å². The Morgan fingerprint density at radius 2 is 0.857 bits per heavy atom. The number of para-hydroxylation sites is 2. The lowest BCUT2D eigenvalue weighted by Gasteiger charge is -2.26. The first kappa shape index (κ1) is 24.1. The molecular weight excluding hydrogens is 677 g/mol. The van der Waals surface area contributed by atoms with Gasteiger partial charge in [0.25, 0.3) is 0 Å². The van der Waals surface area contributed by atoms with Crippen molar-refractivity contribution in [2.45, 2.75) is 0 Å². The summed E-state index contributed by atoms with van der Waals surface area (Å²) >= 11 is 0. The summed E-state index contributed by atoms with van der Waals surface area (Å²) in [5, 5.41) is 2.26. The third-order valence-corrected chi connectivity index (χ3v) is 10.2. The Hall–Kier alpha value is -7.42. The number of fused-ring (bicyclic) bond motifs is 3. The number of anilines is 3. The maximum Gasteiger partial charge on any atom is 0.0629 e. The highest BCUT2D eigenvalue weighted by atomic mass is 15.1. The zero-order chi connectivity index (χ0) is 46.0. The predicted molar refractivity (Wildman–Crippen MR) is 237 cm³/mol. The van der Waals surface area contributed by atoms with E-state index >= 15 is 0 Å². The summed E-state index contributed by atoms with van der Waals surface area (Å²) in [6.45, 7) is 0. The quantitative estimate of drug-likeness (QED) is 0.151. The molecule has 0 aliphatic heterocycles. The van der Waals surface area contributed by atoms with E-state index < -0.39 is 12.1 Å². The molecule has 0 atom stereocenters. The van der Waals surface area contributed by atoms with Crippen LogP contribution in [0.3, 0.4) is 0 Å². The first-order valence-electron chi connectivity index (χ1n) is 23.4. The lowest BCUT2D eigenvalue weighted by molar-refractivity contribution is 1.18. The van der Waals surface area contributed by atoms with Gasteiger partial charge in [0.2, 0.25) is 0 Å². The molecule has 56 heavy (non-hydrogen) atoms. The van der Waals surface area contributed by atoms with Gasteiger partial charge in [0.15, 0.2) is 0 Å². The Morgan fingerprint density at radius 1 is 0.357 bits per heavy atom. The average molecular weight is 725 g/mol. The predicted octanol–water partition coefficient (Wildman–Crippen LogP) is 14.9. The molecule has 0 amide bonds. The molecule has 2 nitrogen and oxygen atoms in total. The number of hydrogen-bond donors (Lipinski definition) is 0. The van der Waals surface area contributed by atoms with Crippen LogP contribution in [0, 0.1) is 0 Å². The molecule has 0 saturated heterocycles. The second-order valence-corrected chi connectivity index (χ2v) is 13.4. The van der Waals surface area contributed by atoms with Crippen molar-refractivity contribution in [3.63, 3.8) is 0 Å². The molecule has 2 heteroatoms. The van der Waals surface area contributed by atoms with Crippen LogP contribution < -0.4 is 4.90 Å². The van der Waals surface area contributed by atoms with Crippen LogP contribution in [-0.2, 0) is 0 Å². The second-order valence-electron chi connectivity index (χ2n) is 13.4. The molecule has 0 aliphatic rings. The number of aromatic nitrogens is 1. The molecule has 0 aliphatic carbocycles. The van der Waals surface area contributed by atoms with Crippen molar-refractivity contribution in [3.8, 4) is 50.2 Å². The molecule has 1 heterocycles. The highest BCUT2D eigenvalue weighted by molar-refractivity contribution is 6.16. The largest absolute Gasteiger partial charge is 0.310 e. The number of nitrogens with zero attached hydrogens (tertiary/aromatic N) is 2. The second kappa shape index (κ2) is 14.4. The van der Waals surface area contributed by atoms with E-state index in [0.717, 1.165) is 66.8 Å². The van der Waals surface area contributed by atoms with Crippen molar-refractivity contribution in [3.05, 3.63) is 230 Å². The Kier molecular flexibility index (Phi) is 6.21. The van der Waals surface area contributed by atoms with Crippen LogP contribution in [0.4, 0.5) is 17.1 Å². The molecule has 1 aromatic heterocycles. The van der Waals surface area contributed by atoms with Gasteiger partial charge in [-0.15, -0.1) is 0 Å². The van der Waals surface area contributed by atoms with Gasteiger partial charge in [-0.2, -0.15) is 0 Å². The maximum absolute atomic E-state index is 8.61. The molecule has 0 N–H and O–H groups in total. The zero-order valence-electron chi connectivity index (χ0n) is 40.1. The number of benzene rings is 9. The Balaban J connectivity index is 1.08. The van der Waals surface area contributed by atoms with E-state index in [1.165, 1.54) is 0 Å². The van der Waals surface area contributed by atoms with Gasteiger partial charge in [-0.25, -0.2) is 0 Å². The average Bonchev–Trinajstić information content (AvgIpc) is 3.70. The molecular formula is C54H38N2. The van der Waals surface area contributed by atoms with E-state index in [-0.39, 0.29) is 59.5 Å². The topological polar surface area (TPSA) is 8.17 Å². The van der Waals surface area contributed by atoms with Crippen molar-refractivity contribution >= 4 is 38.9 Å². The summed E-state index contributed by atoms with van der Waals surface area (Å²) < 4.78 is 85.3. The summed E-state index contributed by atoms with van der Waals surface area (Å²) in [7, 11) is 0. The summed E-state index contributed by atoms with van der Waals surface area (Å²) in [5.74, 6) is 0. The third kappa shape index (κ3) is 6.14. The minimum Gasteiger partial charge on any atom is -0.310 e. The highest BCUT2D eigenvalue weighted by Crippen LogP contribution is 2.42. The first-order valence-corrected chi connectivity index (χ1v) is 18.4. The van der Waals surface area contributed by atoms with Gasteiger partial charge >= 0.3 is 0 Å². The molecule has 264 valence electrons. The van der Waals surface area contributed by atoms with Crippen molar-refractivity contribution in [1.29, 1.82) is 0 Å². The van der Waals surface area contributed by atoms with E-state index in [1.54, 1.807) is 24.3 Å². The van der Waals surface area contributed by atoms with Crippen LogP contribution in [0.15, 0.2) is 230 Å². The summed E-state index contributed by atoms with van der Waals surface area (Å²) in [4.78, 5) is 2.12. The van der Waals surface area contributed by atoms with E-state index in [9.17, 15) is 0 Å². The monoisotopic (exact) mass is 724 g/mol. The van der Waals surface area contributed by atoms with Crippen molar-refractivity contribution in [2.24, 2.45) is 0 Å². The molecule has 0 bridgehead atoms. The van der Waals surface area contributed by atoms with Crippen molar-refractivity contribution < 1.29 is 13.7 Å². The van der Waals surface area contributed by atoms with Crippen LogP contribution in [0.2, 0.25) is 0 Å². The molecule has 0 spiro atoms. The fourth-order valence-electron chi connectivity index (χ4n) is 7.57. The Morgan fingerprint density at radius 3 is 1.46 bits per heavy atom. The number of rotatable bonds is 8. The fraction of sp³-hybridized carbons (Fsp3) is 0. The van der Waals surface area contributed by atoms with Gasteiger partial charge in [-0.05, 0) is 105 Å². The maximum atomic E-state index is 8.61. The van der Waals surface area contributed by atoms with Crippen LogP contribution in [0.25, 0.3) is 72.0 Å². The van der Waals surface area contributed by atoms with E-state index in [4.69, 9.17) is 13.7 Å². The molecule has 0 fully saturated rings.